The highest BCUT2D eigenvalue weighted by atomic mass is 19.1. The SMILES string of the molecule is Fc1ccc(N(c2ccc(F)cc2)c2ccc3cc4c(cc3c2)oc2cc3oc5cc6cc(N(c7ccc(F)cc7)c7ccc(F)cc7)ccc6cc5c3cc24)cc1. The lowest BCUT2D eigenvalue weighted by Crippen LogP contribution is -2.10. The first-order valence-electron chi connectivity index (χ1n) is 18.6. The van der Waals surface area contributed by atoms with E-state index in [2.05, 4.69) is 18.2 Å². The highest BCUT2D eigenvalue weighted by Crippen LogP contribution is 2.42. The lowest BCUT2D eigenvalue weighted by atomic mass is 10.0. The largest absolute Gasteiger partial charge is 0.456 e. The van der Waals surface area contributed by atoms with Crippen molar-refractivity contribution in [1.82, 2.24) is 0 Å². The van der Waals surface area contributed by atoms with Gasteiger partial charge in [-0.2, -0.15) is 0 Å². The summed E-state index contributed by atoms with van der Waals surface area (Å²) in [5.41, 5.74) is 7.40. The van der Waals surface area contributed by atoms with Gasteiger partial charge in [0.1, 0.15) is 45.6 Å². The molecule has 2 heterocycles. The molecular weight excluding hydrogens is 737 g/mol. The fraction of sp³-hybridized carbons (Fsp3) is 0. The summed E-state index contributed by atoms with van der Waals surface area (Å²) < 4.78 is 68.6. The Morgan fingerprint density at radius 3 is 0.897 bits per heavy atom. The molecule has 2 aromatic heterocycles. The number of nitrogens with zero attached hydrogens (tertiary/aromatic N) is 2. The van der Waals surface area contributed by atoms with Gasteiger partial charge in [0.25, 0.3) is 0 Å². The zero-order valence-electron chi connectivity index (χ0n) is 30.4. The van der Waals surface area contributed by atoms with E-state index in [1.54, 1.807) is 48.5 Å². The van der Waals surface area contributed by atoms with E-state index in [0.29, 0.717) is 11.2 Å². The number of halogens is 4. The number of hydrogen-bond donors (Lipinski definition) is 0. The van der Waals surface area contributed by atoms with Gasteiger partial charge >= 0.3 is 0 Å². The predicted molar refractivity (Wildman–Crippen MR) is 225 cm³/mol. The van der Waals surface area contributed by atoms with Crippen LogP contribution in [0.1, 0.15) is 0 Å². The van der Waals surface area contributed by atoms with Crippen molar-refractivity contribution in [3.8, 4) is 0 Å². The summed E-state index contributed by atoms with van der Waals surface area (Å²) in [5.74, 6) is -1.37. The lowest BCUT2D eigenvalue weighted by molar-refractivity contribution is 0.627. The Hall–Kier alpha value is -7.58. The molecule has 4 nitrogen and oxygen atoms in total. The fourth-order valence-corrected chi connectivity index (χ4v) is 8.04. The molecule has 0 aliphatic heterocycles. The Bertz CT molecular complexity index is 3060. The van der Waals surface area contributed by atoms with Crippen molar-refractivity contribution in [3.05, 3.63) is 193 Å². The van der Waals surface area contributed by atoms with Crippen LogP contribution in [0.15, 0.2) is 179 Å². The van der Waals surface area contributed by atoms with Crippen LogP contribution in [0, 0.1) is 23.3 Å². The molecule has 0 unspecified atom stereocenters. The van der Waals surface area contributed by atoms with Crippen LogP contribution in [-0.4, -0.2) is 0 Å². The van der Waals surface area contributed by atoms with Crippen LogP contribution in [-0.2, 0) is 0 Å². The Labute approximate surface area is 328 Å². The van der Waals surface area contributed by atoms with Crippen LogP contribution in [0.2, 0.25) is 0 Å². The molecular formula is C50H28F4N2O2. The molecule has 0 saturated heterocycles. The molecule has 8 heteroatoms. The molecule has 0 aliphatic carbocycles. The van der Waals surface area contributed by atoms with Gasteiger partial charge in [-0.05, 0) is 173 Å². The van der Waals surface area contributed by atoms with Crippen LogP contribution in [0.4, 0.5) is 51.7 Å². The maximum Gasteiger partial charge on any atom is 0.139 e. The Kier molecular flexibility index (Phi) is 7.56. The van der Waals surface area contributed by atoms with Crippen molar-refractivity contribution in [3.63, 3.8) is 0 Å². The van der Waals surface area contributed by atoms with Gasteiger partial charge in [-0.1, -0.05) is 12.1 Å². The van der Waals surface area contributed by atoms with Crippen molar-refractivity contribution < 1.29 is 26.4 Å². The summed E-state index contributed by atoms with van der Waals surface area (Å²) in [6, 6.07) is 49.4. The monoisotopic (exact) mass is 764 g/mol. The minimum atomic E-state index is -0.341. The molecule has 0 aliphatic rings. The zero-order valence-corrected chi connectivity index (χ0v) is 30.4. The first-order chi connectivity index (χ1) is 28.3. The van der Waals surface area contributed by atoms with Gasteiger partial charge in [-0.25, -0.2) is 17.6 Å². The van der Waals surface area contributed by atoms with Crippen LogP contribution in [0.25, 0.3) is 65.4 Å². The van der Waals surface area contributed by atoms with Crippen LogP contribution in [0.3, 0.4) is 0 Å². The molecule has 278 valence electrons. The molecule has 0 N–H and O–H groups in total. The van der Waals surface area contributed by atoms with E-state index >= 15 is 0 Å². The zero-order chi connectivity index (χ0) is 39.1. The number of benzene rings is 9. The van der Waals surface area contributed by atoms with Gasteiger partial charge in [0, 0.05) is 61.7 Å². The minimum Gasteiger partial charge on any atom is -0.456 e. The Balaban J connectivity index is 0.999. The van der Waals surface area contributed by atoms with Gasteiger partial charge in [0.15, 0.2) is 0 Å². The molecule has 0 fully saturated rings. The molecule has 0 radical (unpaired) electrons. The van der Waals surface area contributed by atoms with E-state index < -0.39 is 0 Å². The molecule has 11 aromatic rings. The highest BCUT2D eigenvalue weighted by molar-refractivity contribution is 6.18. The van der Waals surface area contributed by atoms with Gasteiger partial charge in [-0.3, -0.25) is 0 Å². The molecule has 9 aromatic carbocycles. The molecule has 0 saturated carbocycles. The summed E-state index contributed by atoms with van der Waals surface area (Å²) >= 11 is 0. The van der Waals surface area contributed by atoms with Crippen molar-refractivity contribution in [2.45, 2.75) is 0 Å². The smallest absolute Gasteiger partial charge is 0.139 e. The van der Waals surface area contributed by atoms with E-state index in [1.807, 2.05) is 64.4 Å². The quantitative estimate of drug-likeness (QED) is 0.158. The summed E-state index contributed by atoms with van der Waals surface area (Å²) in [6.07, 6.45) is 0. The van der Waals surface area contributed by atoms with Gasteiger partial charge in [0.2, 0.25) is 0 Å². The van der Waals surface area contributed by atoms with Crippen LogP contribution in [0.5, 0.6) is 0 Å². The maximum atomic E-state index is 13.9. The normalized spacial score (nSPS) is 11.8. The number of anilines is 6. The predicted octanol–water partition coefficient (Wildman–Crippen LogP) is 15.3. The number of furan rings is 2. The molecule has 0 bridgehead atoms. The first kappa shape index (κ1) is 33.7. The minimum absolute atomic E-state index is 0.341. The van der Waals surface area contributed by atoms with Gasteiger partial charge < -0.3 is 18.6 Å². The highest BCUT2D eigenvalue weighted by Gasteiger charge is 2.19. The average molecular weight is 765 g/mol. The van der Waals surface area contributed by atoms with Crippen molar-refractivity contribution in [2.75, 3.05) is 9.80 Å². The van der Waals surface area contributed by atoms with E-state index in [4.69, 9.17) is 8.83 Å². The molecule has 0 amide bonds. The fourth-order valence-electron chi connectivity index (χ4n) is 8.04. The van der Waals surface area contributed by atoms with Gasteiger partial charge in [-0.15, -0.1) is 0 Å². The summed E-state index contributed by atoms with van der Waals surface area (Å²) in [7, 11) is 0. The van der Waals surface area contributed by atoms with Crippen molar-refractivity contribution >= 4 is 99.5 Å². The van der Waals surface area contributed by atoms with Crippen LogP contribution >= 0.6 is 0 Å². The Morgan fingerprint density at radius 2 is 0.552 bits per heavy atom. The average Bonchev–Trinajstić information content (AvgIpc) is 3.76. The number of rotatable bonds is 6. The molecule has 0 spiro atoms. The topological polar surface area (TPSA) is 32.8 Å². The number of fused-ring (bicyclic) bond motifs is 8. The summed E-state index contributed by atoms with van der Waals surface area (Å²) in [5, 5.41) is 7.74. The van der Waals surface area contributed by atoms with Crippen molar-refractivity contribution in [1.29, 1.82) is 0 Å². The summed E-state index contributed by atoms with van der Waals surface area (Å²) in [4.78, 5) is 3.91. The summed E-state index contributed by atoms with van der Waals surface area (Å²) in [6.45, 7) is 0. The van der Waals surface area contributed by atoms with Crippen LogP contribution < -0.4 is 9.80 Å². The van der Waals surface area contributed by atoms with E-state index in [1.165, 1.54) is 48.5 Å². The molecule has 58 heavy (non-hydrogen) atoms. The second-order valence-corrected chi connectivity index (χ2v) is 14.4. The van der Waals surface area contributed by atoms with Crippen molar-refractivity contribution in [2.24, 2.45) is 0 Å². The maximum absolute atomic E-state index is 13.9. The third-order valence-electron chi connectivity index (χ3n) is 10.8. The second kappa shape index (κ2) is 13.0. The first-order valence-corrected chi connectivity index (χ1v) is 18.6. The van der Waals surface area contributed by atoms with E-state index in [9.17, 15) is 17.6 Å². The Morgan fingerprint density at radius 1 is 0.259 bits per heavy atom. The molecule has 11 rings (SSSR count). The van der Waals surface area contributed by atoms with E-state index in [-0.39, 0.29) is 23.3 Å². The molecule has 0 atom stereocenters. The second-order valence-electron chi connectivity index (χ2n) is 14.4. The van der Waals surface area contributed by atoms with E-state index in [0.717, 1.165) is 88.4 Å². The number of hydrogen-bond acceptors (Lipinski definition) is 4. The third-order valence-corrected chi connectivity index (χ3v) is 10.8. The van der Waals surface area contributed by atoms with Gasteiger partial charge in [0.05, 0.1) is 0 Å². The lowest BCUT2D eigenvalue weighted by Gasteiger charge is -2.25. The third kappa shape index (κ3) is 5.68. The standard InChI is InChI=1S/C50H28F4N2O2/c51-33-3-13-37(14-4-33)55(38-15-5-34(52)6-16-38)41-11-1-29-23-43-45-27-46-44-24-30-2-12-42(56(39-17-7-35(53)8-18-39)40-19-9-36(54)10-20-40)22-32(30)26-48(44)58-50(46)28-49(45)57-47(43)25-31(29)21-41/h1-28H.